The predicted octanol–water partition coefficient (Wildman–Crippen LogP) is 1.23. The molecule has 1 aliphatic rings. The summed E-state index contributed by atoms with van der Waals surface area (Å²) in [7, 11) is 1.37. The van der Waals surface area contributed by atoms with E-state index in [2.05, 4.69) is 5.32 Å². The van der Waals surface area contributed by atoms with Gasteiger partial charge in [0.1, 0.15) is 0 Å². The molecule has 1 aliphatic heterocycles. The smallest absolute Gasteiger partial charge is 0.223 e. The largest absolute Gasteiger partial charge is 0.494 e. The van der Waals surface area contributed by atoms with E-state index in [0.29, 0.717) is 13.1 Å². The number of ketones is 1. The molecule has 0 unspecified atom stereocenters. The van der Waals surface area contributed by atoms with Crippen molar-refractivity contribution in [2.24, 2.45) is 0 Å². The molecule has 0 aromatic heterocycles. The summed E-state index contributed by atoms with van der Waals surface area (Å²) in [6.45, 7) is 2.90. The highest BCUT2D eigenvalue weighted by atomic mass is 19.1. The standard InChI is InChI=1S/C15H19FN2O3/c1-21-14-4-2-11(10-12(14)16)13(19)3-5-15(20)18-8-6-17-7-9-18/h2,4,10,17H,3,5-9H2,1H3. The van der Waals surface area contributed by atoms with Crippen LogP contribution in [0, 0.1) is 5.82 Å². The number of nitrogens with zero attached hydrogens (tertiary/aromatic N) is 1. The molecule has 0 spiro atoms. The van der Waals surface area contributed by atoms with E-state index in [-0.39, 0.29) is 35.8 Å². The Balaban J connectivity index is 1.89. The Kier molecular flexibility index (Phi) is 5.27. The molecule has 21 heavy (non-hydrogen) atoms. The zero-order chi connectivity index (χ0) is 15.2. The zero-order valence-corrected chi connectivity index (χ0v) is 12.0. The molecular weight excluding hydrogens is 275 g/mol. The SMILES string of the molecule is COc1ccc(C(=O)CCC(=O)N2CCNCC2)cc1F. The third-order valence-corrected chi connectivity index (χ3v) is 3.51. The number of ether oxygens (including phenoxy) is 1. The van der Waals surface area contributed by atoms with Crippen LogP contribution >= 0.6 is 0 Å². The molecule has 2 rings (SSSR count). The number of Topliss-reactive ketones (excluding diaryl/α,β-unsaturated/α-hetero) is 1. The number of amides is 1. The van der Waals surface area contributed by atoms with Crippen LogP contribution in [0.5, 0.6) is 5.75 Å². The van der Waals surface area contributed by atoms with Gasteiger partial charge in [0.2, 0.25) is 5.91 Å². The number of piperazine rings is 1. The summed E-state index contributed by atoms with van der Waals surface area (Å²) in [6.07, 6.45) is 0.251. The molecule has 114 valence electrons. The van der Waals surface area contributed by atoms with Crippen LogP contribution < -0.4 is 10.1 Å². The van der Waals surface area contributed by atoms with Crippen molar-refractivity contribution in [1.82, 2.24) is 10.2 Å². The van der Waals surface area contributed by atoms with E-state index in [4.69, 9.17) is 4.74 Å². The van der Waals surface area contributed by atoms with Crippen LogP contribution in [0.15, 0.2) is 18.2 Å². The van der Waals surface area contributed by atoms with Gasteiger partial charge in [-0.15, -0.1) is 0 Å². The maximum absolute atomic E-state index is 13.5. The Morgan fingerprint density at radius 1 is 1.29 bits per heavy atom. The second kappa shape index (κ2) is 7.17. The number of benzene rings is 1. The second-order valence-corrected chi connectivity index (χ2v) is 4.90. The average Bonchev–Trinajstić information content (AvgIpc) is 2.53. The minimum absolute atomic E-state index is 0.0289. The van der Waals surface area contributed by atoms with Gasteiger partial charge in [-0.2, -0.15) is 0 Å². The molecule has 5 nitrogen and oxygen atoms in total. The van der Waals surface area contributed by atoms with Crippen molar-refractivity contribution in [3.05, 3.63) is 29.6 Å². The fourth-order valence-electron chi connectivity index (χ4n) is 2.28. The highest BCUT2D eigenvalue weighted by Crippen LogP contribution is 2.19. The molecule has 1 saturated heterocycles. The molecule has 1 fully saturated rings. The van der Waals surface area contributed by atoms with E-state index in [9.17, 15) is 14.0 Å². The van der Waals surface area contributed by atoms with E-state index >= 15 is 0 Å². The summed E-state index contributed by atoms with van der Waals surface area (Å²) in [5.74, 6) is -0.737. The number of hydrogen-bond donors (Lipinski definition) is 1. The van der Waals surface area contributed by atoms with Gasteiger partial charge in [-0.1, -0.05) is 0 Å². The Morgan fingerprint density at radius 2 is 2.00 bits per heavy atom. The molecule has 0 atom stereocenters. The van der Waals surface area contributed by atoms with Crippen LogP contribution in [-0.2, 0) is 4.79 Å². The maximum atomic E-state index is 13.5. The lowest BCUT2D eigenvalue weighted by Gasteiger charge is -2.27. The number of nitrogens with one attached hydrogen (secondary N) is 1. The summed E-state index contributed by atoms with van der Waals surface area (Å²) >= 11 is 0. The summed E-state index contributed by atoms with van der Waals surface area (Å²) in [6, 6.07) is 4.08. The number of hydrogen-bond acceptors (Lipinski definition) is 4. The van der Waals surface area contributed by atoms with Crippen LogP contribution in [0.1, 0.15) is 23.2 Å². The van der Waals surface area contributed by atoms with Gasteiger partial charge in [0.25, 0.3) is 0 Å². The average molecular weight is 294 g/mol. The molecular formula is C15H19FN2O3. The Labute approximate surface area is 123 Å². The van der Waals surface area contributed by atoms with E-state index in [1.54, 1.807) is 4.90 Å². The second-order valence-electron chi connectivity index (χ2n) is 4.90. The first kappa shape index (κ1) is 15.4. The highest BCUT2D eigenvalue weighted by Gasteiger charge is 2.18. The third kappa shape index (κ3) is 4.01. The fourth-order valence-corrected chi connectivity index (χ4v) is 2.28. The molecule has 1 amide bonds. The number of methoxy groups -OCH3 is 1. The van der Waals surface area contributed by atoms with Crippen LogP contribution in [0.25, 0.3) is 0 Å². The molecule has 1 aromatic carbocycles. The molecule has 1 heterocycles. The van der Waals surface area contributed by atoms with E-state index in [0.717, 1.165) is 19.2 Å². The van der Waals surface area contributed by atoms with Crippen molar-refractivity contribution >= 4 is 11.7 Å². The molecule has 1 aromatic rings. The quantitative estimate of drug-likeness (QED) is 0.830. The van der Waals surface area contributed by atoms with Crippen molar-refractivity contribution in [2.75, 3.05) is 33.3 Å². The first-order valence-electron chi connectivity index (χ1n) is 6.97. The summed E-state index contributed by atoms with van der Waals surface area (Å²) in [5, 5.41) is 3.16. The number of carbonyl (C=O) groups excluding carboxylic acids is 2. The first-order chi connectivity index (χ1) is 10.1. The topological polar surface area (TPSA) is 58.6 Å². The van der Waals surface area contributed by atoms with Crippen molar-refractivity contribution in [3.8, 4) is 5.75 Å². The number of halogens is 1. The minimum atomic E-state index is -0.572. The van der Waals surface area contributed by atoms with E-state index in [1.165, 1.54) is 19.2 Å². The van der Waals surface area contributed by atoms with Gasteiger partial charge >= 0.3 is 0 Å². The highest BCUT2D eigenvalue weighted by molar-refractivity contribution is 5.98. The lowest BCUT2D eigenvalue weighted by molar-refractivity contribution is -0.131. The maximum Gasteiger partial charge on any atom is 0.223 e. The van der Waals surface area contributed by atoms with Gasteiger partial charge in [-0.05, 0) is 18.2 Å². The van der Waals surface area contributed by atoms with Gasteiger partial charge in [0.05, 0.1) is 7.11 Å². The van der Waals surface area contributed by atoms with Gasteiger partial charge < -0.3 is 15.0 Å². The van der Waals surface area contributed by atoms with Gasteiger partial charge in [-0.25, -0.2) is 4.39 Å². The first-order valence-corrected chi connectivity index (χ1v) is 6.97. The molecule has 0 saturated carbocycles. The van der Waals surface area contributed by atoms with Crippen molar-refractivity contribution in [2.45, 2.75) is 12.8 Å². The molecule has 0 radical (unpaired) electrons. The molecule has 6 heteroatoms. The van der Waals surface area contributed by atoms with Crippen molar-refractivity contribution in [3.63, 3.8) is 0 Å². The van der Waals surface area contributed by atoms with Gasteiger partial charge in [0.15, 0.2) is 17.3 Å². The van der Waals surface area contributed by atoms with Crippen molar-refractivity contribution in [1.29, 1.82) is 0 Å². The summed E-state index contributed by atoms with van der Waals surface area (Å²) in [5.41, 5.74) is 0.265. The molecule has 0 bridgehead atoms. The normalized spacial score (nSPS) is 14.9. The lowest BCUT2D eigenvalue weighted by atomic mass is 10.1. The van der Waals surface area contributed by atoms with E-state index in [1.807, 2.05) is 0 Å². The minimum Gasteiger partial charge on any atom is -0.494 e. The van der Waals surface area contributed by atoms with Gasteiger partial charge in [-0.3, -0.25) is 9.59 Å². The van der Waals surface area contributed by atoms with Crippen LogP contribution in [0.4, 0.5) is 4.39 Å². The fraction of sp³-hybridized carbons (Fsp3) is 0.467. The summed E-state index contributed by atoms with van der Waals surface area (Å²) in [4.78, 5) is 25.7. The Hall–Kier alpha value is -1.95. The van der Waals surface area contributed by atoms with Crippen LogP contribution in [-0.4, -0.2) is 49.9 Å². The molecule has 1 N–H and O–H groups in total. The Morgan fingerprint density at radius 3 is 2.62 bits per heavy atom. The number of rotatable bonds is 5. The van der Waals surface area contributed by atoms with Crippen LogP contribution in [0.2, 0.25) is 0 Å². The monoisotopic (exact) mass is 294 g/mol. The van der Waals surface area contributed by atoms with Crippen LogP contribution in [0.3, 0.4) is 0 Å². The summed E-state index contributed by atoms with van der Waals surface area (Å²) < 4.78 is 18.3. The number of carbonyl (C=O) groups is 2. The zero-order valence-electron chi connectivity index (χ0n) is 12.0. The predicted molar refractivity (Wildman–Crippen MR) is 76.0 cm³/mol. The van der Waals surface area contributed by atoms with E-state index < -0.39 is 5.82 Å². The van der Waals surface area contributed by atoms with Gasteiger partial charge in [0, 0.05) is 44.6 Å². The Bertz CT molecular complexity index is 528. The van der Waals surface area contributed by atoms with Crippen molar-refractivity contribution < 1.29 is 18.7 Å². The lowest BCUT2D eigenvalue weighted by Crippen LogP contribution is -2.46. The molecule has 0 aliphatic carbocycles. The third-order valence-electron chi connectivity index (χ3n) is 3.51.